The van der Waals surface area contributed by atoms with Crippen molar-refractivity contribution in [3.63, 3.8) is 0 Å². The summed E-state index contributed by atoms with van der Waals surface area (Å²) in [7, 11) is -17.1. The zero-order valence-corrected chi connectivity index (χ0v) is 49.4. The van der Waals surface area contributed by atoms with Crippen molar-refractivity contribution in [1.29, 1.82) is 0 Å². The predicted octanol–water partition coefficient (Wildman–Crippen LogP) is 13.3. The number of aliphatic hydroxyl groups is 1. The Morgan fingerprint density at radius 2 is 0.977 bits per heavy atom. The molecule has 0 unspecified atom stereocenters. The van der Waals surface area contributed by atoms with Gasteiger partial charge < -0.3 is 19.3 Å². The van der Waals surface area contributed by atoms with E-state index in [-0.39, 0.29) is 86.8 Å². The average molecular weight is 1250 g/mol. The Bertz CT molecular complexity index is 4560. The number of nitrogens with zero attached hydrogens (tertiary/aromatic N) is 8. The van der Waals surface area contributed by atoms with Gasteiger partial charge in [-0.05, 0) is 134 Å². The van der Waals surface area contributed by atoms with Crippen molar-refractivity contribution >= 4 is 113 Å². The molecule has 8 aromatic carbocycles. The van der Waals surface area contributed by atoms with Crippen molar-refractivity contribution in [1.82, 2.24) is 0 Å². The number of ketones is 1. The monoisotopic (exact) mass is 1250 g/mol. The maximum Gasteiger partial charge on any atom is 0.295 e. The van der Waals surface area contributed by atoms with Gasteiger partial charge in [-0.25, -0.2) is 0 Å². The third-order valence-electron chi connectivity index (χ3n) is 12.8. The van der Waals surface area contributed by atoms with Crippen LogP contribution in [0.3, 0.4) is 0 Å². The van der Waals surface area contributed by atoms with Gasteiger partial charge in [-0.1, -0.05) is 31.2 Å². The van der Waals surface area contributed by atoms with Gasteiger partial charge in [0, 0.05) is 58.5 Å². The van der Waals surface area contributed by atoms with E-state index in [2.05, 4.69) is 40.9 Å². The van der Waals surface area contributed by atoms with Crippen molar-refractivity contribution < 1.29 is 76.0 Å². The molecular formula is C57H54N8O17S4. The molecule has 0 spiro atoms. The van der Waals surface area contributed by atoms with Crippen LogP contribution in [-0.4, -0.2) is 88.8 Å². The number of carbonyl (C=O) groups excluding carboxylic acids is 1. The van der Waals surface area contributed by atoms with Crippen LogP contribution in [0.2, 0.25) is 0 Å². The molecule has 0 fully saturated rings. The van der Waals surface area contributed by atoms with Crippen LogP contribution < -0.4 is 14.2 Å². The number of benzene rings is 8. The molecule has 0 aliphatic carbocycles. The first kappa shape index (κ1) is 63.4. The molecule has 0 saturated carbocycles. The lowest BCUT2D eigenvalue weighted by Crippen LogP contribution is -2.12. The van der Waals surface area contributed by atoms with Crippen molar-refractivity contribution in [2.24, 2.45) is 40.9 Å². The lowest BCUT2D eigenvalue weighted by atomic mass is 9.98. The fourth-order valence-electron chi connectivity index (χ4n) is 8.70. The van der Waals surface area contributed by atoms with E-state index in [1.165, 1.54) is 67.8 Å². The summed E-state index contributed by atoms with van der Waals surface area (Å²) < 4.78 is 151. The number of ether oxygens (including phenoxy) is 3. The summed E-state index contributed by atoms with van der Waals surface area (Å²) in [6, 6.07) is 30.9. The van der Waals surface area contributed by atoms with Gasteiger partial charge in [0.05, 0.1) is 77.4 Å². The summed E-state index contributed by atoms with van der Waals surface area (Å²) in [5.74, 6) is 0.0678. The Balaban J connectivity index is 0.993. The molecule has 29 heteroatoms. The maximum atomic E-state index is 14.1. The quantitative estimate of drug-likeness (QED) is 0.0202. The number of aryl methyl sites for hydroxylation is 2. The van der Waals surface area contributed by atoms with Gasteiger partial charge in [0.2, 0.25) is 0 Å². The maximum absolute atomic E-state index is 14.1. The summed E-state index contributed by atoms with van der Waals surface area (Å²) in [4.78, 5) is 12.3. The fourth-order valence-corrected chi connectivity index (χ4v) is 11.2. The number of Topliss-reactive ketones (excluding diaryl/α,β-unsaturated/α-hetero) is 1. The van der Waals surface area contributed by atoms with E-state index >= 15 is 0 Å². The predicted molar refractivity (Wildman–Crippen MR) is 316 cm³/mol. The van der Waals surface area contributed by atoms with Crippen LogP contribution in [0.15, 0.2) is 183 Å². The van der Waals surface area contributed by atoms with E-state index in [1.807, 2.05) is 6.92 Å². The Morgan fingerprint density at radius 1 is 0.477 bits per heavy atom. The number of aliphatic hydroxyl groups excluding tert-OH is 1. The molecule has 0 aliphatic rings. The lowest BCUT2D eigenvalue weighted by molar-refractivity contribution is -0.117. The number of hydrogen-bond acceptors (Lipinski definition) is 21. The zero-order chi connectivity index (χ0) is 62.1. The third-order valence-corrected chi connectivity index (χ3v) is 16.3. The van der Waals surface area contributed by atoms with Crippen LogP contribution >= 0.6 is 0 Å². The normalized spacial score (nSPS) is 12.6. The van der Waals surface area contributed by atoms with Gasteiger partial charge in [-0.3, -0.25) is 23.0 Å². The van der Waals surface area contributed by atoms with Crippen LogP contribution in [-0.2, 0) is 64.7 Å². The van der Waals surface area contributed by atoms with E-state index in [0.29, 0.717) is 81.0 Å². The second kappa shape index (κ2) is 26.7. The molecular weight excluding hydrogens is 1200 g/mol. The van der Waals surface area contributed by atoms with Crippen molar-refractivity contribution in [3.8, 4) is 17.2 Å². The fraction of sp³-hybridized carbons (Fsp3) is 0.211. The summed E-state index contributed by atoms with van der Waals surface area (Å²) in [6.07, 6.45) is 0.337. The minimum absolute atomic E-state index is 0.0542. The molecule has 0 aliphatic heterocycles. The Morgan fingerprint density at radius 3 is 1.51 bits per heavy atom. The van der Waals surface area contributed by atoms with Crippen LogP contribution in [0.25, 0.3) is 21.5 Å². The lowest BCUT2D eigenvalue weighted by Gasteiger charge is -2.15. The van der Waals surface area contributed by atoms with Crippen LogP contribution in [0.5, 0.6) is 17.2 Å². The standard InChI is InChI=1S/C57H54N8O17S4/c1-5-18-81-53-31-52(65-63-50-17-15-44(29-55(50)80-4)61-60-42-12-10-36-8-6-9-56(47(36)27-42)85(74,75)76)35(3)21-38(53)24-45(67)25-39-22-34(2)51(32-54(39)82-19-7-20-83(68,69)70)64-62-49-16-14-41(23-40(49)33-66)58-59-43-13-11-37-26-46(84(71,72)73)30-57(48(37)28-43)86(77,78)79/h6,8-17,21-23,26-32,66H,5,7,18-20,24-25,33H2,1-4H3,(H,68,69,70)(H,71,72,73)(H,74,75,76)(H,77,78,79). The molecule has 0 saturated heterocycles. The minimum Gasteiger partial charge on any atom is -0.494 e. The summed E-state index contributed by atoms with van der Waals surface area (Å²) in [6.45, 7) is 5.09. The number of rotatable bonds is 25. The molecule has 0 heterocycles. The van der Waals surface area contributed by atoms with E-state index in [1.54, 1.807) is 68.4 Å². The van der Waals surface area contributed by atoms with Gasteiger partial charge in [0.15, 0.2) is 0 Å². The highest BCUT2D eigenvalue weighted by molar-refractivity contribution is 7.87. The first-order chi connectivity index (χ1) is 40.7. The van der Waals surface area contributed by atoms with Gasteiger partial charge in [0.1, 0.15) is 38.5 Å². The van der Waals surface area contributed by atoms with E-state index in [4.69, 9.17) is 14.2 Å². The van der Waals surface area contributed by atoms with Gasteiger partial charge in [-0.2, -0.15) is 69.5 Å². The zero-order valence-electron chi connectivity index (χ0n) is 46.1. The Kier molecular flexibility index (Phi) is 19.7. The second-order valence-electron chi connectivity index (χ2n) is 19.3. The van der Waals surface area contributed by atoms with Gasteiger partial charge in [0.25, 0.3) is 40.5 Å². The Labute approximate surface area is 493 Å². The molecule has 86 heavy (non-hydrogen) atoms. The highest BCUT2D eigenvalue weighted by Crippen LogP contribution is 2.39. The summed E-state index contributed by atoms with van der Waals surface area (Å²) in [5.41, 5.74) is 4.84. The topological polar surface area (TPSA) is 381 Å². The van der Waals surface area contributed by atoms with E-state index in [0.717, 1.165) is 6.07 Å². The van der Waals surface area contributed by atoms with Crippen LogP contribution in [0.4, 0.5) is 45.5 Å². The van der Waals surface area contributed by atoms with E-state index < -0.39 is 62.6 Å². The number of hydrogen-bond donors (Lipinski definition) is 5. The minimum atomic E-state index is -4.96. The molecule has 0 amide bonds. The third kappa shape index (κ3) is 16.4. The second-order valence-corrected chi connectivity index (χ2v) is 25.0. The molecule has 0 atom stereocenters. The summed E-state index contributed by atoms with van der Waals surface area (Å²) >= 11 is 0. The molecule has 25 nitrogen and oxygen atoms in total. The van der Waals surface area contributed by atoms with Crippen LogP contribution in [0.1, 0.15) is 47.6 Å². The number of fused-ring (bicyclic) bond motifs is 2. The smallest absolute Gasteiger partial charge is 0.295 e. The van der Waals surface area contributed by atoms with Crippen molar-refractivity contribution in [2.75, 3.05) is 26.1 Å². The SMILES string of the molecule is CCCOc1cc(N=Nc2ccc(N=Nc3ccc4cccc(S(=O)(=O)O)c4c3)cc2OC)c(C)cc1CC(=O)Cc1cc(C)c(N=Nc2ccc(N=Nc3ccc4cc(S(=O)(=O)O)cc(S(=O)(=O)O)c4c3)cc2CO)cc1OCCCS(=O)(=O)O. The molecule has 5 N–H and O–H groups in total. The molecule has 0 bridgehead atoms. The highest BCUT2D eigenvalue weighted by atomic mass is 32.2. The van der Waals surface area contributed by atoms with Crippen molar-refractivity contribution in [3.05, 3.63) is 155 Å². The molecule has 448 valence electrons. The van der Waals surface area contributed by atoms with E-state index in [9.17, 15) is 61.8 Å². The number of carbonyl (C=O) groups is 1. The number of methoxy groups -OCH3 is 1. The summed E-state index contributed by atoms with van der Waals surface area (Å²) in [5, 5.41) is 45.7. The molecule has 0 radical (unpaired) electrons. The van der Waals surface area contributed by atoms with Crippen LogP contribution in [0, 0.1) is 13.8 Å². The van der Waals surface area contributed by atoms with Crippen molar-refractivity contribution in [2.45, 2.75) is 67.7 Å². The molecule has 8 aromatic rings. The highest BCUT2D eigenvalue weighted by Gasteiger charge is 2.22. The molecule has 0 aromatic heterocycles. The Hall–Kier alpha value is -8.65. The van der Waals surface area contributed by atoms with Gasteiger partial charge >= 0.3 is 0 Å². The largest absolute Gasteiger partial charge is 0.494 e. The molecule has 8 rings (SSSR count). The average Bonchev–Trinajstić information content (AvgIpc) is 1.66. The van der Waals surface area contributed by atoms with Gasteiger partial charge in [-0.15, -0.1) is 5.11 Å². The first-order valence-corrected chi connectivity index (χ1v) is 31.7. The first-order valence-electron chi connectivity index (χ1n) is 25.8. The number of azo groups is 4.